The number of rotatable bonds is 11. The first kappa shape index (κ1) is 25.0. The van der Waals surface area contributed by atoms with Crippen LogP contribution in [-0.2, 0) is 9.47 Å². The van der Waals surface area contributed by atoms with E-state index in [4.69, 9.17) is 4.74 Å². The lowest BCUT2D eigenvalue weighted by molar-refractivity contribution is -0.173. The Labute approximate surface area is 153 Å². The first-order valence-electron chi connectivity index (χ1n) is 7.52. The fraction of sp³-hybridized carbons (Fsp3) is 0.929. The van der Waals surface area contributed by atoms with E-state index in [2.05, 4.69) is 34.2 Å². The van der Waals surface area contributed by atoms with Crippen molar-refractivity contribution in [1.29, 1.82) is 0 Å². The van der Waals surface area contributed by atoms with Gasteiger partial charge in [0, 0.05) is 33.4 Å². The Kier molecular flexibility index (Phi) is 16.5. The molecule has 140 valence electrons. The maximum Gasteiger partial charge on any atom is 0.411 e. The van der Waals surface area contributed by atoms with Crippen LogP contribution in [0.15, 0.2) is 4.99 Å². The van der Waals surface area contributed by atoms with E-state index in [0.29, 0.717) is 38.0 Å². The molecule has 0 unspecified atom stereocenters. The molecular weight excluding hydrogens is 426 g/mol. The van der Waals surface area contributed by atoms with Crippen molar-refractivity contribution in [1.82, 2.24) is 10.6 Å². The Morgan fingerprint density at radius 3 is 2.26 bits per heavy atom. The highest BCUT2D eigenvalue weighted by Crippen LogP contribution is 2.14. The van der Waals surface area contributed by atoms with Crippen LogP contribution in [-0.4, -0.2) is 58.7 Å². The Hall–Kier alpha value is -0.290. The van der Waals surface area contributed by atoms with Crippen LogP contribution in [0.25, 0.3) is 0 Å². The van der Waals surface area contributed by atoms with Gasteiger partial charge in [0.05, 0.1) is 6.61 Å². The van der Waals surface area contributed by atoms with Crippen molar-refractivity contribution in [3.63, 3.8) is 0 Å². The van der Waals surface area contributed by atoms with Crippen LogP contribution in [0, 0.1) is 5.92 Å². The van der Waals surface area contributed by atoms with Crippen LogP contribution >= 0.6 is 24.0 Å². The molecule has 0 amide bonds. The molecule has 0 aromatic carbocycles. The molecule has 0 radical (unpaired) electrons. The lowest BCUT2D eigenvalue weighted by Gasteiger charge is -2.12. The van der Waals surface area contributed by atoms with Gasteiger partial charge < -0.3 is 20.1 Å². The summed E-state index contributed by atoms with van der Waals surface area (Å²) in [4.78, 5) is 4.01. The Morgan fingerprint density at radius 1 is 1.04 bits per heavy atom. The molecule has 0 atom stereocenters. The zero-order valence-corrected chi connectivity index (χ0v) is 16.4. The third-order valence-electron chi connectivity index (χ3n) is 2.63. The molecule has 0 aromatic heterocycles. The van der Waals surface area contributed by atoms with Gasteiger partial charge in [0.15, 0.2) is 5.96 Å². The molecule has 0 bridgehead atoms. The Morgan fingerprint density at radius 2 is 1.70 bits per heavy atom. The minimum absolute atomic E-state index is 0. The van der Waals surface area contributed by atoms with Crippen LogP contribution in [0.3, 0.4) is 0 Å². The van der Waals surface area contributed by atoms with Gasteiger partial charge >= 0.3 is 6.18 Å². The van der Waals surface area contributed by atoms with Crippen molar-refractivity contribution >= 4 is 29.9 Å². The van der Waals surface area contributed by atoms with Gasteiger partial charge in [0.1, 0.15) is 6.61 Å². The smallest absolute Gasteiger partial charge is 0.380 e. The molecule has 0 saturated carbocycles. The molecule has 2 N–H and O–H groups in total. The largest absolute Gasteiger partial charge is 0.411 e. The van der Waals surface area contributed by atoms with Crippen LogP contribution in [0.2, 0.25) is 0 Å². The maximum atomic E-state index is 11.8. The van der Waals surface area contributed by atoms with E-state index < -0.39 is 12.8 Å². The van der Waals surface area contributed by atoms with E-state index in [1.54, 1.807) is 7.05 Å². The highest BCUT2D eigenvalue weighted by atomic mass is 127. The first-order chi connectivity index (χ1) is 10.3. The van der Waals surface area contributed by atoms with Gasteiger partial charge in [-0.15, -0.1) is 24.0 Å². The number of nitrogens with one attached hydrogen (secondary N) is 2. The van der Waals surface area contributed by atoms with Crippen molar-refractivity contribution in [2.75, 3.05) is 46.6 Å². The molecule has 0 spiro atoms. The maximum absolute atomic E-state index is 11.8. The number of alkyl halides is 3. The Balaban J connectivity index is 0. The zero-order chi connectivity index (χ0) is 16.8. The molecule has 0 aliphatic carbocycles. The average molecular weight is 455 g/mol. The number of aliphatic imine (C=N–C) groups is 1. The van der Waals surface area contributed by atoms with Gasteiger partial charge in [-0.25, -0.2) is 0 Å². The van der Waals surface area contributed by atoms with Crippen LogP contribution in [0.4, 0.5) is 13.2 Å². The highest BCUT2D eigenvalue weighted by Gasteiger charge is 2.27. The molecule has 9 heteroatoms. The summed E-state index contributed by atoms with van der Waals surface area (Å²) in [7, 11) is 1.63. The zero-order valence-electron chi connectivity index (χ0n) is 14.0. The summed E-state index contributed by atoms with van der Waals surface area (Å²) in [5.41, 5.74) is 0. The van der Waals surface area contributed by atoms with Crippen LogP contribution in [0.5, 0.6) is 0 Å². The second kappa shape index (κ2) is 15.3. The summed E-state index contributed by atoms with van der Waals surface area (Å²) in [6, 6.07) is 0. The third kappa shape index (κ3) is 19.7. The highest BCUT2D eigenvalue weighted by molar-refractivity contribution is 14.0. The number of hydrogen-bond donors (Lipinski definition) is 2. The lowest BCUT2D eigenvalue weighted by Crippen LogP contribution is -2.39. The van der Waals surface area contributed by atoms with Crippen LogP contribution < -0.4 is 10.6 Å². The average Bonchev–Trinajstić information content (AvgIpc) is 2.42. The number of ether oxygens (including phenoxy) is 2. The fourth-order valence-electron chi connectivity index (χ4n) is 1.45. The molecule has 0 aliphatic heterocycles. The summed E-state index contributed by atoms with van der Waals surface area (Å²) in [6.07, 6.45) is -2.76. The standard InChI is InChI=1S/C14H28F3N3O2.HI/c1-12(2)5-9-21-10-7-20-13(18-3)19-6-4-8-22-11-14(15,16)17;/h12H,4-11H2,1-3H3,(H2,18,19,20);1H. The van der Waals surface area contributed by atoms with Gasteiger partial charge in [0.2, 0.25) is 0 Å². The van der Waals surface area contributed by atoms with Gasteiger partial charge in [0.25, 0.3) is 0 Å². The number of hydrogen-bond acceptors (Lipinski definition) is 3. The summed E-state index contributed by atoms with van der Waals surface area (Å²) in [5, 5.41) is 6.06. The second-order valence-corrected chi connectivity index (χ2v) is 5.24. The topological polar surface area (TPSA) is 54.9 Å². The first-order valence-corrected chi connectivity index (χ1v) is 7.52. The number of nitrogens with zero attached hydrogens (tertiary/aromatic N) is 1. The lowest BCUT2D eigenvalue weighted by atomic mass is 10.1. The van der Waals surface area contributed by atoms with Gasteiger partial charge in [-0.05, 0) is 18.8 Å². The van der Waals surface area contributed by atoms with Gasteiger partial charge in [-0.2, -0.15) is 13.2 Å². The molecule has 0 heterocycles. The van der Waals surface area contributed by atoms with E-state index in [-0.39, 0.29) is 30.6 Å². The minimum Gasteiger partial charge on any atom is -0.380 e. The quantitative estimate of drug-likeness (QED) is 0.218. The van der Waals surface area contributed by atoms with Crippen molar-refractivity contribution < 1.29 is 22.6 Å². The monoisotopic (exact) mass is 455 g/mol. The van der Waals surface area contributed by atoms with E-state index >= 15 is 0 Å². The molecule has 0 aliphatic rings. The molecule has 0 saturated heterocycles. The molecule has 23 heavy (non-hydrogen) atoms. The second-order valence-electron chi connectivity index (χ2n) is 5.24. The molecule has 0 fully saturated rings. The predicted octanol–water partition coefficient (Wildman–Crippen LogP) is 2.80. The van der Waals surface area contributed by atoms with Gasteiger partial charge in [-0.3, -0.25) is 4.99 Å². The van der Waals surface area contributed by atoms with Crippen molar-refractivity contribution in [3.8, 4) is 0 Å². The summed E-state index contributed by atoms with van der Waals surface area (Å²) >= 11 is 0. The SMILES string of the molecule is CN=C(NCCCOCC(F)(F)F)NCCOCCC(C)C.I. The predicted molar refractivity (Wildman–Crippen MR) is 96.5 cm³/mol. The molecule has 0 aromatic rings. The van der Waals surface area contributed by atoms with Gasteiger partial charge in [-0.1, -0.05) is 13.8 Å². The summed E-state index contributed by atoms with van der Waals surface area (Å²) in [6.45, 7) is 5.59. The molecule has 0 rings (SSSR count). The van der Waals surface area contributed by atoms with Crippen molar-refractivity contribution in [3.05, 3.63) is 0 Å². The van der Waals surface area contributed by atoms with E-state index in [9.17, 15) is 13.2 Å². The van der Waals surface area contributed by atoms with E-state index in [1.807, 2.05) is 0 Å². The normalized spacial score (nSPS) is 12.2. The van der Waals surface area contributed by atoms with E-state index in [0.717, 1.165) is 13.0 Å². The third-order valence-corrected chi connectivity index (χ3v) is 2.63. The van der Waals surface area contributed by atoms with E-state index in [1.165, 1.54) is 0 Å². The molecular formula is C14H29F3IN3O2. The Bertz CT molecular complexity index is 303. The van der Waals surface area contributed by atoms with Crippen molar-refractivity contribution in [2.45, 2.75) is 32.9 Å². The molecule has 5 nitrogen and oxygen atoms in total. The fourth-order valence-corrected chi connectivity index (χ4v) is 1.45. The number of guanidine groups is 1. The summed E-state index contributed by atoms with van der Waals surface area (Å²) < 4.78 is 45.5. The van der Waals surface area contributed by atoms with Crippen LogP contribution in [0.1, 0.15) is 26.7 Å². The van der Waals surface area contributed by atoms with Crippen molar-refractivity contribution in [2.24, 2.45) is 10.9 Å². The summed E-state index contributed by atoms with van der Waals surface area (Å²) in [5.74, 6) is 1.23. The number of halogens is 4. The minimum atomic E-state index is -4.26.